The van der Waals surface area contributed by atoms with E-state index in [0.717, 1.165) is 23.3 Å². The number of pyridine rings is 1. The lowest BCUT2D eigenvalue weighted by atomic mass is 10.0. The molecule has 0 unspecified atom stereocenters. The Morgan fingerprint density at radius 3 is 3.09 bits per heavy atom. The number of rotatable bonds is 3. The van der Waals surface area contributed by atoms with Crippen LogP contribution in [0, 0.1) is 0 Å². The lowest BCUT2D eigenvalue weighted by Gasteiger charge is -2.27. The molecule has 1 aliphatic rings. The first kappa shape index (κ1) is 16.1. The number of hydrogen-bond donors (Lipinski definition) is 2. The van der Waals surface area contributed by atoms with Gasteiger partial charge in [-0.25, -0.2) is 4.79 Å². The van der Waals surface area contributed by atoms with Gasteiger partial charge in [0.25, 0.3) is 0 Å². The molecule has 1 aromatic carbocycles. The van der Waals surface area contributed by atoms with Crippen molar-refractivity contribution in [3.63, 3.8) is 0 Å². The minimum atomic E-state index is -0.177. The summed E-state index contributed by atoms with van der Waals surface area (Å²) >= 11 is 7.90. The molecular weight excluding hydrogens is 330 g/mol. The summed E-state index contributed by atoms with van der Waals surface area (Å²) in [6.45, 7) is 1.94. The number of hydrogen-bond acceptors (Lipinski definition) is 3. The molecule has 0 bridgehead atoms. The van der Waals surface area contributed by atoms with Crippen molar-refractivity contribution in [2.45, 2.75) is 30.3 Å². The standard InChI is InChI=1S/C17H18ClN3OS/c1-11(12-3-2-7-19-10-12)20-17(22)21-15-6-8-23-16-5-4-13(18)9-14(15)16/h2-5,7,9-11,15H,6,8H2,1H3,(H2,20,21,22)/t11-,15-/m0/s1. The molecule has 4 nitrogen and oxygen atoms in total. The van der Waals surface area contributed by atoms with Gasteiger partial charge in [0.1, 0.15) is 0 Å². The third kappa shape index (κ3) is 3.98. The summed E-state index contributed by atoms with van der Waals surface area (Å²) in [6.07, 6.45) is 4.38. The predicted molar refractivity (Wildman–Crippen MR) is 93.9 cm³/mol. The largest absolute Gasteiger partial charge is 0.332 e. The van der Waals surface area contributed by atoms with E-state index in [9.17, 15) is 4.79 Å². The summed E-state index contributed by atoms with van der Waals surface area (Å²) in [5.74, 6) is 0.984. The molecule has 0 aliphatic carbocycles. The summed E-state index contributed by atoms with van der Waals surface area (Å²) in [4.78, 5) is 17.6. The van der Waals surface area contributed by atoms with Crippen LogP contribution in [0.15, 0.2) is 47.6 Å². The first-order chi connectivity index (χ1) is 11.1. The minimum absolute atomic E-state index is 0.00829. The zero-order chi connectivity index (χ0) is 16.2. The highest BCUT2D eigenvalue weighted by Gasteiger charge is 2.23. The molecule has 3 rings (SSSR count). The molecule has 0 saturated heterocycles. The molecule has 2 heterocycles. The van der Waals surface area contributed by atoms with E-state index in [4.69, 9.17) is 11.6 Å². The maximum atomic E-state index is 12.3. The van der Waals surface area contributed by atoms with E-state index in [1.54, 1.807) is 24.2 Å². The van der Waals surface area contributed by atoms with Crippen LogP contribution >= 0.6 is 23.4 Å². The number of fused-ring (bicyclic) bond motifs is 1. The van der Waals surface area contributed by atoms with Gasteiger partial charge in [0.15, 0.2) is 0 Å². The van der Waals surface area contributed by atoms with Gasteiger partial charge in [-0.1, -0.05) is 17.7 Å². The van der Waals surface area contributed by atoms with Gasteiger partial charge in [-0.05, 0) is 48.7 Å². The van der Waals surface area contributed by atoms with Gasteiger partial charge in [0.05, 0.1) is 12.1 Å². The average Bonchev–Trinajstić information content (AvgIpc) is 2.56. The highest BCUT2D eigenvalue weighted by Crippen LogP contribution is 2.37. The Bertz CT molecular complexity index is 695. The maximum absolute atomic E-state index is 12.3. The number of halogens is 1. The van der Waals surface area contributed by atoms with E-state index in [0.29, 0.717) is 5.02 Å². The Labute approximate surface area is 145 Å². The van der Waals surface area contributed by atoms with Gasteiger partial charge < -0.3 is 10.6 Å². The maximum Gasteiger partial charge on any atom is 0.315 e. The quantitative estimate of drug-likeness (QED) is 0.868. The zero-order valence-corrected chi connectivity index (χ0v) is 14.3. The van der Waals surface area contributed by atoms with Gasteiger partial charge in [-0.3, -0.25) is 4.98 Å². The normalized spacial score (nSPS) is 17.9. The van der Waals surface area contributed by atoms with E-state index in [1.165, 1.54) is 4.90 Å². The molecule has 2 N–H and O–H groups in total. The summed E-state index contributed by atoms with van der Waals surface area (Å²) < 4.78 is 0. The Balaban J connectivity index is 1.66. The molecule has 0 fully saturated rings. The van der Waals surface area contributed by atoms with Gasteiger partial charge in [0.2, 0.25) is 0 Å². The second kappa shape index (κ2) is 7.23. The van der Waals surface area contributed by atoms with Crippen molar-refractivity contribution in [3.05, 3.63) is 58.9 Å². The fraction of sp³-hybridized carbons (Fsp3) is 0.294. The van der Waals surface area contributed by atoms with E-state index >= 15 is 0 Å². The average molecular weight is 348 g/mol. The minimum Gasteiger partial charge on any atom is -0.332 e. The van der Waals surface area contributed by atoms with Crippen LogP contribution in [-0.4, -0.2) is 16.8 Å². The van der Waals surface area contributed by atoms with Crippen LogP contribution in [0.4, 0.5) is 4.79 Å². The predicted octanol–water partition coefficient (Wildman–Crippen LogP) is 4.33. The van der Waals surface area contributed by atoms with Crippen molar-refractivity contribution < 1.29 is 4.79 Å². The van der Waals surface area contributed by atoms with Crippen molar-refractivity contribution in [3.8, 4) is 0 Å². The number of aromatic nitrogens is 1. The molecule has 2 atom stereocenters. The number of carbonyl (C=O) groups excluding carboxylic acids is 1. The lowest BCUT2D eigenvalue weighted by Crippen LogP contribution is -2.40. The molecule has 0 spiro atoms. The molecule has 0 radical (unpaired) electrons. The molecule has 1 aromatic heterocycles. The summed E-state index contributed by atoms with van der Waals surface area (Å²) in [6, 6.07) is 9.38. The van der Waals surface area contributed by atoms with E-state index in [1.807, 2.05) is 37.3 Å². The summed E-state index contributed by atoms with van der Waals surface area (Å²) in [5, 5.41) is 6.72. The lowest BCUT2D eigenvalue weighted by molar-refractivity contribution is 0.233. The topological polar surface area (TPSA) is 54.0 Å². The fourth-order valence-electron chi connectivity index (χ4n) is 2.63. The number of nitrogens with one attached hydrogen (secondary N) is 2. The van der Waals surface area contributed by atoms with Crippen LogP contribution in [0.25, 0.3) is 0 Å². The zero-order valence-electron chi connectivity index (χ0n) is 12.8. The van der Waals surface area contributed by atoms with Gasteiger partial charge in [0, 0.05) is 28.1 Å². The Kier molecular flexibility index (Phi) is 5.08. The third-order valence-corrected chi connectivity index (χ3v) is 5.21. The summed E-state index contributed by atoms with van der Waals surface area (Å²) in [5.41, 5.74) is 2.07. The molecular formula is C17H18ClN3OS. The van der Waals surface area contributed by atoms with Crippen molar-refractivity contribution in [1.82, 2.24) is 15.6 Å². The van der Waals surface area contributed by atoms with Crippen LogP contribution < -0.4 is 10.6 Å². The Hall–Kier alpha value is -1.72. The number of urea groups is 1. The highest BCUT2D eigenvalue weighted by atomic mass is 35.5. The third-order valence-electron chi connectivity index (χ3n) is 3.85. The monoisotopic (exact) mass is 347 g/mol. The highest BCUT2D eigenvalue weighted by molar-refractivity contribution is 7.99. The van der Waals surface area contributed by atoms with E-state index in [-0.39, 0.29) is 18.1 Å². The van der Waals surface area contributed by atoms with Crippen molar-refractivity contribution in [1.29, 1.82) is 0 Å². The molecule has 2 amide bonds. The van der Waals surface area contributed by atoms with Crippen LogP contribution in [0.2, 0.25) is 5.02 Å². The van der Waals surface area contributed by atoms with E-state index in [2.05, 4.69) is 15.6 Å². The van der Waals surface area contributed by atoms with Crippen LogP contribution in [0.5, 0.6) is 0 Å². The number of thioether (sulfide) groups is 1. The molecule has 120 valence electrons. The van der Waals surface area contributed by atoms with Gasteiger partial charge in [-0.2, -0.15) is 0 Å². The first-order valence-corrected chi connectivity index (χ1v) is 8.89. The fourth-order valence-corrected chi connectivity index (χ4v) is 3.91. The van der Waals surface area contributed by atoms with Crippen LogP contribution in [-0.2, 0) is 0 Å². The smallest absolute Gasteiger partial charge is 0.315 e. The van der Waals surface area contributed by atoms with Crippen LogP contribution in [0.3, 0.4) is 0 Å². The second-order valence-corrected chi connectivity index (χ2v) is 7.07. The number of carbonyl (C=O) groups is 1. The second-order valence-electron chi connectivity index (χ2n) is 5.50. The van der Waals surface area contributed by atoms with Crippen molar-refractivity contribution >= 4 is 29.4 Å². The SMILES string of the molecule is C[C@H](NC(=O)N[C@H]1CCSc2ccc(Cl)cc21)c1cccnc1. The van der Waals surface area contributed by atoms with Crippen LogP contribution in [0.1, 0.15) is 36.6 Å². The number of nitrogens with zero attached hydrogens (tertiary/aromatic N) is 1. The van der Waals surface area contributed by atoms with E-state index < -0.39 is 0 Å². The van der Waals surface area contributed by atoms with Gasteiger partial charge >= 0.3 is 6.03 Å². The molecule has 1 aliphatic heterocycles. The summed E-state index contributed by atoms with van der Waals surface area (Å²) in [7, 11) is 0. The number of amides is 2. The van der Waals surface area contributed by atoms with Gasteiger partial charge in [-0.15, -0.1) is 11.8 Å². The van der Waals surface area contributed by atoms with Crippen molar-refractivity contribution in [2.24, 2.45) is 0 Å². The number of benzene rings is 1. The Morgan fingerprint density at radius 1 is 1.43 bits per heavy atom. The molecule has 2 aromatic rings. The van der Waals surface area contributed by atoms with Crippen molar-refractivity contribution in [2.75, 3.05) is 5.75 Å². The molecule has 6 heteroatoms. The first-order valence-electron chi connectivity index (χ1n) is 7.52. The molecule has 23 heavy (non-hydrogen) atoms. The Morgan fingerprint density at radius 2 is 2.30 bits per heavy atom. The molecule has 0 saturated carbocycles.